The molecule has 0 saturated heterocycles. The summed E-state index contributed by atoms with van der Waals surface area (Å²) in [5.74, 6) is -0.399. The molecule has 7 heteroatoms. The lowest BCUT2D eigenvalue weighted by molar-refractivity contribution is -0.385. The third-order valence-corrected chi connectivity index (χ3v) is 2.42. The number of hydrogen-bond acceptors (Lipinski definition) is 6. The van der Waals surface area contributed by atoms with Gasteiger partial charge in [0, 0.05) is 12.1 Å². The van der Waals surface area contributed by atoms with Crippen LogP contribution in [0.5, 0.6) is 11.5 Å². The number of nitrogens with zero attached hydrogens (tertiary/aromatic N) is 1. The summed E-state index contributed by atoms with van der Waals surface area (Å²) in [4.78, 5) is 22.5. The predicted molar refractivity (Wildman–Crippen MR) is 76.0 cm³/mol. The summed E-state index contributed by atoms with van der Waals surface area (Å²) in [7, 11) is 0. The van der Waals surface area contributed by atoms with Crippen molar-refractivity contribution in [1.82, 2.24) is 0 Å². The van der Waals surface area contributed by atoms with Crippen molar-refractivity contribution in [1.29, 1.82) is 0 Å². The molecule has 0 unspecified atom stereocenters. The van der Waals surface area contributed by atoms with Gasteiger partial charge in [0.15, 0.2) is 0 Å². The van der Waals surface area contributed by atoms with Crippen LogP contribution >= 0.6 is 0 Å². The van der Waals surface area contributed by atoms with Crippen molar-refractivity contribution in [3.63, 3.8) is 0 Å². The van der Waals surface area contributed by atoms with Gasteiger partial charge in [0.05, 0.1) is 24.2 Å². The van der Waals surface area contributed by atoms with Gasteiger partial charge >= 0.3 is 11.7 Å². The Hall–Kier alpha value is -2.31. The number of rotatable bonds is 7. The van der Waals surface area contributed by atoms with Gasteiger partial charge in [-0.3, -0.25) is 10.1 Å². The van der Waals surface area contributed by atoms with Crippen LogP contribution in [0.1, 0.15) is 38.1 Å². The highest BCUT2D eigenvalue weighted by Gasteiger charge is 2.25. The molecule has 7 nitrogen and oxygen atoms in total. The number of esters is 1. The molecule has 0 heterocycles. The van der Waals surface area contributed by atoms with Crippen LogP contribution in [0.15, 0.2) is 12.1 Å². The Morgan fingerprint density at radius 3 is 2.24 bits per heavy atom. The van der Waals surface area contributed by atoms with Crippen LogP contribution in [0, 0.1) is 10.1 Å². The normalized spacial score (nSPS) is 10.3. The Labute approximate surface area is 123 Å². The van der Waals surface area contributed by atoms with E-state index in [-0.39, 0.29) is 35.5 Å². The number of hydrogen-bond donors (Lipinski definition) is 0. The predicted octanol–water partition coefficient (Wildman–Crippen LogP) is 2.96. The van der Waals surface area contributed by atoms with E-state index >= 15 is 0 Å². The molecule has 1 aromatic rings. The van der Waals surface area contributed by atoms with Gasteiger partial charge in [-0.25, -0.2) is 4.79 Å². The molecule has 0 spiro atoms. The molecule has 1 rings (SSSR count). The third kappa shape index (κ3) is 4.34. The van der Waals surface area contributed by atoms with Crippen LogP contribution in [0.4, 0.5) is 5.69 Å². The molecule has 116 valence electrons. The van der Waals surface area contributed by atoms with Gasteiger partial charge in [-0.2, -0.15) is 0 Å². The molecule has 0 radical (unpaired) electrons. The highest BCUT2D eigenvalue weighted by Crippen LogP contribution is 2.35. The minimum absolute atomic E-state index is 0.0145. The lowest BCUT2D eigenvalue weighted by atomic mass is 10.1. The number of ether oxygens (including phenoxy) is 3. The first-order valence-corrected chi connectivity index (χ1v) is 6.69. The molecule has 0 aliphatic heterocycles. The number of nitro benzene ring substituents is 1. The van der Waals surface area contributed by atoms with Crippen molar-refractivity contribution in [2.75, 3.05) is 13.2 Å². The Morgan fingerprint density at radius 1 is 1.19 bits per heavy atom. The maximum Gasteiger partial charge on any atom is 0.342 e. The van der Waals surface area contributed by atoms with Crippen LogP contribution in [0.25, 0.3) is 0 Å². The van der Waals surface area contributed by atoms with E-state index in [0.29, 0.717) is 6.61 Å². The van der Waals surface area contributed by atoms with Crippen molar-refractivity contribution in [2.24, 2.45) is 0 Å². The highest BCUT2D eigenvalue weighted by molar-refractivity contribution is 5.94. The van der Waals surface area contributed by atoms with Crippen molar-refractivity contribution >= 4 is 11.7 Å². The van der Waals surface area contributed by atoms with E-state index in [1.807, 2.05) is 0 Å². The van der Waals surface area contributed by atoms with E-state index in [4.69, 9.17) is 14.2 Å². The molecular weight excluding hydrogens is 278 g/mol. The largest absolute Gasteiger partial charge is 0.493 e. The first-order valence-electron chi connectivity index (χ1n) is 6.69. The fraction of sp³-hybridized carbons (Fsp3) is 0.500. The fourth-order valence-corrected chi connectivity index (χ4v) is 1.68. The molecule has 0 bridgehead atoms. The molecule has 0 aliphatic carbocycles. The van der Waals surface area contributed by atoms with Crippen LogP contribution in [0.3, 0.4) is 0 Å². The summed E-state index contributed by atoms with van der Waals surface area (Å²) < 4.78 is 15.7. The Morgan fingerprint density at radius 2 is 1.76 bits per heavy atom. The number of carbonyl (C=O) groups excluding carboxylic acids is 1. The second kappa shape index (κ2) is 7.47. The van der Waals surface area contributed by atoms with Crippen LogP contribution in [0.2, 0.25) is 0 Å². The molecule has 0 N–H and O–H groups in total. The maximum absolute atomic E-state index is 12.0. The Kier molecular flexibility index (Phi) is 5.95. The van der Waals surface area contributed by atoms with Gasteiger partial charge in [-0.05, 0) is 27.7 Å². The van der Waals surface area contributed by atoms with Crippen molar-refractivity contribution in [3.05, 3.63) is 27.8 Å². The number of benzene rings is 1. The lowest BCUT2D eigenvalue weighted by Gasteiger charge is -2.14. The van der Waals surface area contributed by atoms with Crippen molar-refractivity contribution < 1.29 is 23.9 Å². The summed E-state index contributed by atoms with van der Waals surface area (Å²) in [6, 6.07) is 2.47. The molecule has 0 amide bonds. The van der Waals surface area contributed by atoms with Crippen LogP contribution in [-0.2, 0) is 4.74 Å². The third-order valence-electron chi connectivity index (χ3n) is 2.42. The number of nitro groups is 1. The van der Waals surface area contributed by atoms with Crippen LogP contribution < -0.4 is 9.47 Å². The zero-order valence-electron chi connectivity index (χ0n) is 12.5. The summed E-state index contributed by atoms with van der Waals surface area (Å²) >= 11 is 0. The molecule has 0 aliphatic rings. The van der Waals surface area contributed by atoms with Gasteiger partial charge in [0.1, 0.15) is 11.3 Å². The average molecular weight is 297 g/mol. The molecule has 0 atom stereocenters. The quantitative estimate of drug-likeness (QED) is 0.437. The SMILES string of the molecule is CCOc1cc(OCC)c([N+](=O)[O-])cc1C(=O)OC(C)C. The second-order valence-electron chi connectivity index (χ2n) is 4.39. The molecule has 0 fully saturated rings. The van der Waals surface area contributed by atoms with Crippen LogP contribution in [-0.4, -0.2) is 30.2 Å². The average Bonchev–Trinajstić information content (AvgIpc) is 2.38. The Bertz CT molecular complexity index is 526. The molecule has 21 heavy (non-hydrogen) atoms. The van der Waals surface area contributed by atoms with E-state index < -0.39 is 10.9 Å². The van der Waals surface area contributed by atoms with Gasteiger partial charge < -0.3 is 14.2 Å². The second-order valence-corrected chi connectivity index (χ2v) is 4.39. The van der Waals surface area contributed by atoms with Gasteiger partial charge in [0.25, 0.3) is 0 Å². The summed E-state index contributed by atoms with van der Waals surface area (Å²) in [5, 5.41) is 11.1. The van der Waals surface area contributed by atoms with E-state index in [2.05, 4.69) is 0 Å². The van der Waals surface area contributed by atoms with E-state index in [1.54, 1.807) is 27.7 Å². The van der Waals surface area contributed by atoms with Crippen molar-refractivity contribution in [2.45, 2.75) is 33.8 Å². The zero-order valence-corrected chi connectivity index (χ0v) is 12.5. The minimum Gasteiger partial charge on any atom is -0.493 e. The first-order chi connectivity index (χ1) is 9.90. The van der Waals surface area contributed by atoms with Gasteiger partial charge in [-0.15, -0.1) is 0 Å². The first kappa shape index (κ1) is 16.7. The molecule has 1 aromatic carbocycles. The zero-order chi connectivity index (χ0) is 16.0. The van der Waals surface area contributed by atoms with E-state index in [9.17, 15) is 14.9 Å². The highest BCUT2D eigenvalue weighted by atomic mass is 16.6. The topological polar surface area (TPSA) is 87.9 Å². The molecule has 0 aromatic heterocycles. The molecular formula is C14H19NO6. The fourth-order valence-electron chi connectivity index (χ4n) is 1.68. The maximum atomic E-state index is 12.0. The van der Waals surface area contributed by atoms with Gasteiger partial charge in [0.2, 0.25) is 5.75 Å². The lowest BCUT2D eigenvalue weighted by Crippen LogP contribution is -2.14. The minimum atomic E-state index is -0.667. The van der Waals surface area contributed by atoms with E-state index in [1.165, 1.54) is 6.07 Å². The Balaban J connectivity index is 3.35. The standard InChI is InChI=1S/C14H19NO6/c1-5-19-12-8-13(20-6-2)11(15(17)18)7-10(12)14(16)21-9(3)4/h7-9H,5-6H2,1-4H3. The number of carbonyl (C=O) groups is 1. The smallest absolute Gasteiger partial charge is 0.342 e. The van der Waals surface area contributed by atoms with Gasteiger partial charge in [-0.1, -0.05) is 0 Å². The monoisotopic (exact) mass is 297 g/mol. The summed E-state index contributed by atoms with van der Waals surface area (Å²) in [6.07, 6.45) is -0.336. The summed E-state index contributed by atoms with van der Waals surface area (Å²) in [5.41, 5.74) is -0.281. The van der Waals surface area contributed by atoms with Crippen molar-refractivity contribution in [3.8, 4) is 11.5 Å². The summed E-state index contributed by atoms with van der Waals surface area (Å²) in [6.45, 7) is 7.43. The van der Waals surface area contributed by atoms with E-state index in [0.717, 1.165) is 6.07 Å². The molecule has 0 saturated carbocycles.